The van der Waals surface area contributed by atoms with Crippen LogP contribution in [0.2, 0.25) is 5.02 Å². The summed E-state index contributed by atoms with van der Waals surface area (Å²) in [5.74, 6) is -1.07. The molecule has 2 unspecified atom stereocenters. The quantitative estimate of drug-likeness (QED) is 0.691. The van der Waals surface area contributed by atoms with E-state index >= 15 is 0 Å². The van der Waals surface area contributed by atoms with E-state index < -0.39 is 32.9 Å². The summed E-state index contributed by atoms with van der Waals surface area (Å²) < 4.78 is 30.7. The van der Waals surface area contributed by atoms with Gasteiger partial charge in [-0.15, -0.1) is 0 Å². The number of hydrogen-bond donors (Lipinski definition) is 1. The maximum Gasteiger partial charge on any atom is 0.249 e. The fraction of sp³-hybridized carbons (Fsp3) is 0.438. The third-order valence-electron chi connectivity index (χ3n) is 4.08. The van der Waals surface area contributed by atoms with Crippen molar-refractivity contribution in [1.29, 1.82) is 5.26 Å². The number of hydrogen-bond acceptors (Lipinski definition) is 6. The van der Waals surface area contributed by atoms with Crippen molar-refractivity contribution in [3.8, 4) is 6.07 Å². The van der Waals surface area contributed by atoms with Crippen LogP contribution in [0, 0.1) is 11.3 Å². The number of rotatable bonds is 6. The molecule has 1 fully saturated rings. The van der Waals surface area contributed by atoms with Crippen LogP contribution in [-0.4, -0.2) is 63.2 Å². The van der Waals surface area contributed by atoms with Crippen LogP contribution in [0.4, 0.5) is 0 Å². The van der Waals surface area contributed by atoms with E-state index in [1.165, 1.54) is 24.1 Å². The molecule has 0 radical (unpaired) electrons. The number of halogens is 1. The molecule has 2 rings (SSSR count). The number of nitriles is 1. The molecule has 2 atom stereocenters. The first-order valence-electron chi connectivity index (χ1n) is 7.74. The molecule has 2 amide bonds. The third-order valence-corrected chi connectivity index (χ3v) is 6.71. The molecule has 1 aliphatic rings. The van der Waals surface area contributed by atoms with E-state index in [-0.39, 0.29) is 36.0 Å². The molecule has 1 aromatic rings. The average Bonchev–Trinajstić information content (AvgIpc) is 3.06. The summed E-state index contributed by atoms with van der Waals surface area (Å²) in [6, 6.07) is 6.80. The Morgan fingerprint density at radius 1 is 1.42 bits per heavy atom. The lowest BCUT2D eigenvalue weighted by molar-refractivity contribution is -0.141. The molecule has 0 bridgehead atoms. The van der Waals surface area contributed by atoms with Crippen molar-refractivity contribution < 1.29 is 22.7 Å². The molecule has 10 heteroatoms. The number of nitrogens with zero attached hydrogens (tertiary/aromatic N) is 2. The Kier molecular flexibility index (Phi) is 6.58. The highest BCUT2D eigenvalue weighted by Crippen LogP contribution is 2.31. The predicted molar refractivity (Wildman–Crippen MR) is 93.0 cm³/mol. The van der Waals surface area contributed by atoms with Gasteiger partial charge in [0.2, 0.25) is 11.8 Å². The fourth-order valence-corrected chi connectivity index (χ4v) is 5.07. The van der Waals surface area contributed by atoms with E-state index in [1.807, 2.05) is 0 Å². The highest BCUT2D eigenvalue weighted by molar-refractivity contribution is 7.92. The molecule has 0 aliphatic carbocycles. The van der Waals surface area contributed by atoms with Gasteiger partial charge in [-0.25, -0.2) is 8.42 Å². The lowest BCUT2D eigenvalue weighted by atomic mass is 10.2. The highest BCUT2D eigenvalue weighted by Gasteiger charge is 2.45. The zero-order valence-corrected chi connectivity index (χ0v) is 15.6. The largest absolute Gasteiger partial charge is 0.375 e. The molecular formula is C16H18ClN3O5S. The van der Waals surface area contributed by atoms with Gasteiger partial charge < -0.3 is 15.0 Å². The Balaban J connectivity index is 2.32. The van der Waals surface area contributed by atoms with Crippen molar-refractivity contribution in [3.05, 3.63) is 29.3 Å². The molecule has 0 aromatic heterocycles. The van der Waals surface area contributed by atoms with Gasteiger partial charge in [-0.05, 0) is 18.6 Å². The lowest BCUT2D eigenvalue weighted by Crippen LogP contribution is -2.47. The first-order valence-corrected chi connectivity index (χ1v) is 9.66. The summed E-state index contributed by atoms with van der Waals surface area (Å²) in [4.78, 5) is 25.7. The summed E-state index contributed by atoms with van der Waals surface area (Å²) >= 11 is 6.01. The maximum absolute atomic E-state index is 12.9. The van der Waals surface area contributed by atoms with Crippen LogP contribution in [-0.2, 0) is 24.2 Å². The Morgan fingerprint density at radius 2 is 2.12 bits per heavy atom. The van der Waals surface area contributed by atoms with Crippen molar-refractivity contribution in [2.24, 2.45) is 0 Å². The SMILES string of the molecule is COCC(=O)N1CC(S(=O)(=O)c2ccccc2Cl)CC1C(=O)NCC#N. The van der Waals surface area contributed by atoms with Crippen LogP contribution in [0.1, 0.15) is 6.42 Å². The number of carbonyl (C=O) groups excluding carboxylic acids is 2. The zero-order chi connectivity index (χ0) is 19.3. The number of benzene rings is 1. The molecule has 1 heterocycles. The number of methoxy groups -OCH3 is 1. The van der Waals surface area contributed by atoms with Crippen molar-refractivity contribution in [1.82, 2.24) is 10.2 Å². The van der Waals surface area contributed by atoms with E-state index in [0.717, 1.165) is 0 Å². The van der Waals surface area contributed by atoms with E-state index in [1.54, 1.807) is 18.2 Å². The van der Waals surface area contributed by atoms with Crippen LogP contribution in [0.15, 0.2) is 29.2 Å². The molecule has 26 heavy (non-hydrogen) atoms. The molecule has 140 valence electrons. The summed E-state index contributed by atoms with van der Waals surface area (Å²) in [5, 5.41) is 10.1. The van der Waals surface area contributed by atoms with Crippen molar-refractivity contribution in [2.45, 2.75) is 22.6 Å². The number of amides is 2. The standard InChI is InChI=1S/C16H18ClN3O5S/c1-25-10-15(21)20-9-11(8-13(20)16(22)19-7-6-18)26(23,24)14-5-3-2-4-12(14)17/h2-5,11,13H,7-10H2,1H3,(H,19,22). The Labute approximate surface area is 156 Å². The average molecular weight is 400 g/mol. The minimum atomic E-state index is -3.85. The molecule has 0 saturated carbocycles. The summed E-state index contributed by atoms with van der Waals surface area (Å²) in [6.07, 6.45) is -0.0831. The molecule has 8 nitrogen and oxygen atoms in total. The molecule has 0 spiro atoms. The third kappa shape index (κ3) is 4.15. The van der Waals surface area contributed by atoms with Crippen LogP contribution >= 0.6 is 11.6 Å². The van der Waals surface area contributed by atoms with Crippen LogP contribution < -0.4 is 5.32 Å². The van der Waals surface area contributed by atoms with E-state index in [2.05, 4.69) is 5.32 Å². The van der Waals surface area contributed by atoms with Gasteiger partial charge in [0.05, 0.1) is 21.2 Å². The zero-order valence-electron chi connectivity index (χ0n) is 14.0. The van der Waals surface area contributed by atoms with Gasteiger partial charge in [-0.3, -0.25) is 9.59 Å². The maximum atomic E-state index is 12.9. The van der Waals surface area contributed by atoms with Gasteiger partial charge in [0, 0.05) is 13.7 Å². The predicted octanol–water partition coefficient (Wildman–Crippen LogP) is 0.369. The van der Waals surface area contributed by atoms with Crippen LogP contribution in [0.5, 0.6) is 0 Å². The second-order valence-electron chi connectivity index (χ2n) is 5.70. The van der Waals surface area contributed by atoms with E-state index in [9.17, 15) is 18.0 Å². The summed E-state index contributed by atoms with van der Waals surface area (Å²) in [5.41, 5.74) is 0. The topological polar surface area (TPSA) is 117 Å². The Bertz CT molecular complexity index is 837. The molecule has 1 aliphatic heterocycles. The number of ether oxygens (including phenoxy) is 1. The van der Waals surface area contributed by atoms with Gasteiger partial charge in [0.25, 0.3) is 0 Å². The lowest BCUT2D eigenvalue weighted by Gasteiger charge is -2.23. The summed E-state index contributed by atoms with van der Waals surface area (Å²) in [7, 11) is -2.52. The minimum Gasteiger partial charge on any atom is -0.375 e. The first kappa shape index (κ1) is 20.2. The minimum absolute atomic E-state index is 0.0381. The molecule has 1 aromatic carbocycles. The second-order valence-corrected chi connectivity index (χ2v) is 8.31. The summed E-state index contributed by atoms with van der Waals surface area (Å²) in [6.45, 7) is -0.662. The number of likely N-dealkylation sites (tertiary alicyclic amines) is 1. The van der Waals surface area contributed by atoms with E-state index in [4.69, 9.17) is 21.6 Å². The van der Waals surface area contributed by atoms with Gasteiger partial charge in [0.15, 0.2) is 9.84 Å². The van der Waals surface area contributed by atoms with Crippen molar-refractivity contribution >= 4 is 33.3 Å². The molecule has 1 N–H and O–H groups in total. The van der Waals surface area contributed by atoms with Crippen molar-refractivity contribution in [3.63, 3.8) is 0 Å². The van der Waals surface area contributed by atoms with Crippen LogP contribution in [0.25, 0.3) is 0 Å². The molecular weight excluding hydrogens is 382 g/mol. The number of sulfone groups is 1. The molecule has 1 saturated heterocycles. The number of nitrogens with one attached hydrogen (secondary N) is 1. The van der Waals surface area contributed by atoms with Gasteiger partial charge in [-0.1, -0.05) is 23.7 Å². The highest BCUT2D eigenvalue weighted by atomic mass is 35.5. The second kappa shape index (κ2) is 8.49. The normalized spacial score (nSPS) is 19.8. The Morgan fingerprint density at radius 3 is 2.73 bits per heavy atom. The smallest absolute Gasteiger partial charge is 0.249 e. The van der Waals surface area contributed by atoms with Gasteiger partial charge in [-0.2, -0.15) is 5.26 Å². The monoisotopic (exact) mass is 399 g/mol. The fourth-order valence-electron chi connectivity index (χ4n) is 2.85. The number of carbonyl (C=O) groups is 2. The Hall–Kier alpha value is -2.15. The van der Waals surface area contributed by atoms with E-state index in [0.29, 0.717) is 0 Å². The van der Waals surface area contributed by atoms with Gasteiger partial charge in [0.1, 0.15) is 19.2 Å². The van der Waals surface area contributed by atoms with Gasteiger partial charge >= 0.3 is 0 Å². The first-order chi connectivity index (χ1) is 12.3. The van der Waals surface area contributed by atoms with Crippen molar-refractivity contribution in [2.75, 3.05) is 26.8 Å². The van der Waals surface area contributed by atoms with Crippen LogP contribution in [0.3, 0.4) is 0 Å².